The van der Waals surface area contributed by atoms with E-state index in [1.54, 1.807) is 11.8 Å². The van der Waals surface area contributed by atoms with Gasteiger partial charge < -0.3 is 10.2 Å². The summed E-state index contributed by atoms with van der Waals surface area (Å²) in [5.41, 5.74) is 1.60. The van der Waals surface area contributed by atoms with Crippen molar-refractivity contribution in [3.8, 4) is 0 Å². The molecule has 0 radical (unpaired) electrons. The van der Waals surface area contributed by atoms with E-state index in [-0.39, 0.29) is 12.5 Å². The first-order chi connectivity index (χ1) is 12.8. The summed E-state index contributed by atoms with van der Waals surface area (Å²) >= 11 is 1.16. The number of halogens is 3. The number of hydrogen-bond donors (Lipinski definition) is 1. The molecule has 27 heavy (non-hydrogen) atoms. The van der Waals surface area contributed by atoms with Crippen LogP contribution in [0.15, 0.2) is 29.8 Å². The summed E-state index contributed by atoms with van der Waals surface area (Å²) in [5, 5.41) is 2.77. The monoisotopic (exact) mass is 397 g/mol. The fourth-order valence-electron chi connectivity index (χ4n) is 3.03. The number of benzene rings is 1. The maximum atomic E-state index is 13.1. The lowest BCUT2D eigenvalue weighted by molar-refractivity contribution is -0.137. The average Bonchev–Trinajstić information content (AvgIpc) is 3.22. The first-order valence-corrected chi connectivity index (χ1v) is 9.29. The van der Waals surface area contributed by atoms with E-state index >= 15 is 0 Å². The Morgan fingerprint density at radius 2 is 2.19 bits per heavy atom. The van der Waals surface area contributed by atoms with E-state index in [4.69, 9.17) is 0 Å². The van der Waals surface area contributed by atoms with E-state index in [0.29, 0.717) is 35.5 Å². The van der Waals surface area contributed by atoms with Gasteiger partial charge in [0.05, 0.1) is 22.8 Å². The highest BCUT2D eigenvalue weighted by Gasteiger charge is 2.32. The fourth-order valence-corrected chi connectivity index (χ4v) is 3.73. The van der Waals surface area contributed by atoms with Crippen LogP contribution in [-0.4, -0.2) is 34.8 Å². The standard InChI is InChI=1S/C18H18F3N3O2S/c1-11-16(27-10-22-11)17(26)23-14(9-24-7-3-6-15(24)25)12-4-2-5-13(8-12)18(19,20)21/h2,4-5,8,10,14H,3,6-7,9H2,1H3,(H,23,26)/t14-/m1/s1. The molecule has 1 aliphatic heterocycles. The molecule has 0 saturated carbocycles. The SMILES string of the molecule is Cc1ncsc1C(=O)N[C@H](CN1CCCC1=O)c1cccc(C(F)(F)F)c1. The predicted octanol–water partition coefficient (Wildman–Crippen LogP) is 3.56. The van der Waals surface area contributed by atoms with E-state index in [1.165, 1.54) is 17.6 Å². The molecule has 1 aliphatic rings. The van der Waals surface area contributed by atoms with Gasteiger partial charge in [-0.25, -0.2) is 4.98 Å². The molecule has 1 fully saturated rings. The number of amides is 2. The minimum Gasteiger partial charge on any atom is -0.343 e. The van der Waals surface area contributed by atoms with Crippen molar-refractivity contribution in [1.29, 1.82) is 0 Å². The third-order valence-electron chi connectivity index (χ3n) is 4.45. The Morgan fingerprint density at radius 1 is 1.41 bits per heavy atom. The van der Waals surface area contributed by atoms with Crippen molar-refractivity contribution in [2.24, 2.45) is 0 Å². The molecule has 0 bridgehead atoms. The van der Waals surface area contributed by atoms with Gasteiger partial charge in [0.1, 0.15) is 4.88 Å². The largest absolute Gasteiger partial charge is 0.416 e. The van der Waals surface area contributed by atoms with Gasteiger partial charge in [0.2, 0.25) is 5.91 Å². The van der Waals surface area contributed by atoms with Gasteiger partial charge >= 0.3 is 6.18 Å². The Bertz CT molecular complexity index is 850. The summed E-state index contributed by atoms with van der Waals surface area (Å²) in [6.45, 7) is 2.35. The zero-order valence-electron chi connectivity index (χ0n) is 14.5. The Labute approximate surface area is 158 Å². The first kappa shape index (κ1) is 19.3. The lowest BCUT2D eigenvalue weighted by Gasteiger charge is -2.25. The molecule has 1 atom stereocenters. The van der Waals surface area contributed by atoms with Gasteiger partial charge in [0.15, 0.2) is 0 Å². The van der Waals surface area contributed by atoms with Crippen LogP contribution in [0.3, 0.4) is 0 Å². The molecule has 2 aromatic rings. The Kier molecular flexibility index (Phi) is 5.50. The Balaban J connectivity index is 1.89. The minimum absolute atomic E-state index is 0.0600. The quantitative estimate of drug-likeness (QED) is 0.839. The number of rotatable bonds is 5. The zero-order chi connectivity index (χ0) is 19.6. The van der Waals surface area contributed by atoms with Gasteiger partial charge in [-0.05, 0) is 31.0 Å². The second-order valence-corrected chi connectivity index (χ2v) is 7.21. The van der Waals surface area contributed by atoms with Crippen molar-refractivity contribution in [1.82, 2.24) is 15.2 Å². The smallest absolute Gasteiger partial charge is 0.343 e. The number of likely N-dealkylation sites (tertiary alicyclic amines) is 1. The third kappa shape index (κ3) is 4.47. The van der Waals surface area contributed by atoms with Crippen LogP contribution in [0.1, 0.15) is 45.4 Å². The number of alkyl halides is 3. The van der Waals surface area contributed by atoms with Crippen molar-refractivity contribution in [2.75, 3.05) is 13.1 Å². The van der Waals surface area contributed by atoms with Gasteiger partial charge in [-0.15, -0.1) is 11.3 Å². The number of thiazole rings is 1. The number of aromatic nitrogens is 1. The van der Waals surface area contributed by atoms with Crippen LogP contribution in [0, 0.1) is 6.92 Å². The molecule has 144 valence electrons. The van der Waals surface area contributed by atoms with Crippen LogP contribution < -0.4 is 5.32 Å². The molecule has 1 aromatic carbocycles. The van der Waals surface area contributed by atoms with Crippen LogP contribution in [0.2, 0.25) is 0 Å². The second-order valence-electron chi connectivity index (χ2n) is 6.36. The number of carbonyl (C=O) groups is 2. The van der Waals surface area contributed by atoms with Crippen LogP contribution in [0.4, 0.5) is 13.2 Å². The number of carbonyl (C=O) groups excluding carboxylic acids is 2. The van der Waals surface area contributed by atoms with Gasteiger partial charge in [-0.3, -0.25) is 9.59 Å². The van der Waals surface area contributed by atoms with Crippen LogP contribution in [0.5, 0.6) is 0 Å². The number of nitrogens with zero attached hydrogens (tertiary/aromatic N) is 2. The maximum Gasteiger partial charge on any atom is 0.416 e. The van der Waals surface area contributed by atoms with Crippen LogP contribution in [-0.2, 0) is 11.0 Å². The van der Waals surface area contributed by atoms with Gasteiger partial charge in [0, 0.05) is 19.5 Å². The van der Waals surface area contributed by atoms with Crippen molar-refractivity contribution in [2.45, 2.75) is 32.0 Å². The molecule has 3 rings (SSSR count). The summed E-state index contributed by atoms with van der Waals surface area (Å²) in [7, 11) is 0. The summed E-state index contributed by atoms with van der Waals surface area (Å²) < 4.78 is 39.2. The highest BCUT2D eigenvalue weighted by atomic mass is 32.1. The van der Waals surface area contributed by atoms with E-state index in [1.807, 2.05) is 0 Å². The Morgan fingerprint density at radius 3 is 2.78 bits per heavy atom. The highest BCUT2D eigenvalue weighted by Crippen LogP contribution is 2.31. The minimum atomic E-state index is -4.48. The normalized spacial score (nSPS) is 15.9. The molecule has 1 N–H and O–H groups in total. The molecular formula is C18H18F3N3O2S. The van der Waals surface area contributed by atoms with E-state index in [0.717, 1.165) is 23.5 Å². The topological polar surface area (TPSA) is 62.3 Å². The molecule has 5 nitrogen and oxygen atoms in total. The third-order valence-corrected chi connectivity index (χ3v) is 5.38. The molecule has 1 saturated heterocycles. The van der Waals surface area contributed by atoms with Crippen LogP contribution >= 0.6 is 11.3 Å². The summed E-state index contributed by atoms with van der Waals surface area (Å²) in [6.07, 6.45) is -3.37. The maximum absolute atomic E-state index is 13.1. The van der Waals surface area contributed by atoms with Crippen LogP contribution in [0.25, 0.3) is 0 Å². The van der Waals surface area contributed by atoms with E-state index < -0.39 is 23.7 Å². The zero-order valence-corrected chi connectivity index (χ0v) is 15.4. The first-order valence-electron chi connectivity index (χ1n) is 8.41. The number of nitrogens with one attached hydrogen (secondary N) is 1. The lowest BCUT2D eigenvalue weighted by atomic mass is 10.0. The van der Waals surface area contributed by atoms with Gasteiger partial charge in [0.25, 0.3) is 5.91 Å². The molecule has 9 heteroatoms. The van der Waals surface area contributed by atoms with E-state index in [2.05, 4.69) is 10.3 Å². The summed E-state index contributed by atoms with van der Waals surface area (Å²) in [5.74, 6) is -0.473. The van der Waals surface area contributed by atoms with Gasteiger partial charge in [-0.2, -0.15) is 13.2 Å². The number of hydrogen-bond acceptors (Lipinski definition) is 4. The van der Waals surface area contributed by atoms with E-state index in [9.17, 15) is 22.8 Å². The van der Waals surface area contributed by atoms with Crippen molar-refractivity contribution in [3.05, 3.63) is 51.5 Å². The van der Waals surface area contributed by atoms with Crippen molar-refractivity contribution >= 4 is 23.2 Å². The lowest BCUT2D eigenvalue weighted by Crippen LogP contribution is -2.38. The van der Waals surface area contributed by atoms with Gasteiger partial charge in [-0.1, -0.05) is 12.1 Å². The molecule has 2 heterocycles. The highest BCUT2D eigenvalue weighted by molar-refractivity contribution is 7.11. The summed E-state index contributed by atoms with van der Waals surface area (Å²) in [6, 6.07) is 4.09. The summed E-state index contributed by atoms with van der Waals surface area (Å²) in [4.78, 5) is 30.5. The second kappa shape index (κ2) is 7.67. The molecular weight excluding hydrogens is 379 g/mol. The molecule has 1 aromatic heterocycles. The molecule has 2 amide bonds. The molecule has 0 spiro atoms. The Hall–Kier alpha value is -2.42. The molecule has 0 unspecified atom stereocenters. The van der Waals surface area contributed by atoms with Crippen molar-refractivity contribution in [3.63, 3.8) is 0 Å². The predicted molar refractivity (Wildman–Crippen MR) is 94.3 cm³/mol. The molecule has 0 aliphatic carbocycles. The fraction of sp³-hybridized carbons (Fsp3) is 0.389. The van der Waals surface area contributed by atoms with Crippen molar-refractivity contribution < 1.29 is 22.8 Å². The number of aryl methyl sites for hydroxylation is 1. The average molecular weight is 397 g/mol.